The minimum Gasteiger partial charge on any atom is -0.309 e. The van der Waals surface area contributed by atoms with Gasteiger partial charge in [-0.2, -0.15) is 10.5 Å². The molecule has 0 saturated heterocycles. The van der Waals surface area contributed by atoms with Crippen LogP contribution < -0.4 is 0 Å². The summed E-state index contributed by atoms with van der Waals surface area (Å²) in [5.41, 5.74) is -0.503. The van der Waals surface area contributed by atoms with Crippen LogP contribution in [0.2, 0.25) is 0 Å². The molecule has 5 nitrogen and oxygen atoms in total. The van der Waals surface area contributed by atoms with Gasteiger partial charge in [0.15, 0.2) is 0 Å². The van der Waals surface area contributed by atoms with Crippen LogP contribution >= 0.6 is 7.60 Å². The Hall–Kier alpha value is -0.870. The van der Waals surface area contributed by atoms with Crippen LogP contribution in [0.15, 0.2) is 0 Å². The molecule has 0 aliphatic carbocycles. The highest BCUT2D eigenvalue weighted by atomic mass is 31.2. The largest absolute Gasteiger partial charge is 0.334 e. The SMILES string of the molecule is CCOP(=O)(OCC)C(CC#N)CCC#N. The Bertz CT molecular complexity index is 309. The summed E-state index contributed by atoms with van der Waals surface area (Å²) in [6.45, 7) is 3.98. The van der Waals surface area contributed by atoms with Crippen LogP contribution in [-0.2, 0) is 13.6 Å². The van der Waals surface area contributed by atoms with Crippen molar-refractivity contribution >= 4 is 7.60 Å². The summed E-state index contributed by atoms with van der Waals surface area (Å²) in [5, 5.41) is 17.2. The van der Waals surface area contributed by atoms with Crippen LogP contribution in [0.3, 0.4) is 0 Å². The van der Waals surface area contributed by atoms with Gasteiger partial charge in [-0.3, -0.25) is 4.57 Å². The first-order valence-corrected chi connectivity index (χ1v) is 6.88. The van der Waals surface area contributed by atoms with E-state index < -0.39 is 13.3 Å². The average Bonchev–Trinajstić information content (AvgIpc) is 2.24. The van der Waals surface area contributed by atoms with Gasteiger partial charge in [0.2, 0.25) is 0 Å². The topological polar surface area (TPSA) is 83.1 Å². The highest BCUT2D eigenvalue weighted by molar-refractivity contribution is 7.54. The number of nitriles is 2. The normalized spacial score (nSPS) is 12.8. The summed E-state index contributed by atoms with van der Waals surface area (Å²) >= 11 is 0. The summed E-state index contributed by atoms with van der Waals surface area (Å²) in [5.74, 6) is 0. The van der Waals surface area contributed by atoms with Crippen molar-refractivity contribution in [2.24, 2.45) is 0 Å². The van der Waals surface area contributed by atoms with Crippen molar-refractivity contribution in [2.45, 2.75) is 38.8 Å². The van der Waals surface area contributed by atoms with E-state index in [1.165, 1.54) is 0 Å². The van der Waals surface area contributed by atoms with Gasteiger partial charge in [-0.05, 0) is 20.3 Å². The fraction of sp³-hybridized carbons (Fsp3) is 0.800. The zero-order chi connectivity index (χ0) is 12.4. The van der Waals surface area contributed by atoms with Crippen LogP contribution in [0.4, 0.5) is 0 Å². The molecule has 0 heterocycles. The van der Waals surface area contributed by atoms with Gasteiger partial charge >= 0.3 is 7.60 Å². The van der Waals surface area contributed by atoms with Crippen LogP contribution in [0.1, 0.15) is 33.1 Å². The third-order valence-electron chi connectivity index (χ3n) is 1.98. The number of hydrogen-bond acceptors (Lipinski definition) is 5. The molecule has 0 amide bonds. The molecule has 0 radical (unpaired) electrons. The summed E-state index contributed by atoms with van der Waals surface area (Å²) < 4.78 is 22.6. The summed E-state index contributed by atoms with van der Waals surface area (Å²) in [7, 11) is -3.25. The smallest absolute Gasteiger partial charge is 0.309 e. The van der Waals surface area contributed by atoms with E-state index in [2.05, 4.69) is 0 Å². The predicted octanol–water partition coefficient (Wildman–Crippen LogP) is 2.84. The first-order valence-electron chi connectivity index (χ1n) is 5.27. The highest BCUT2D eigenvalue weighted by Crippen LogP contribution is 2.55. The molecule has 1 atom stereocenters. The van der Waals surface area contributed by atoms with E-state index in [4.69, 9.17) is 19.6 Å². The lowest BCUT2D eigenvalue weighted by Gasteiger charge is -2.23. The van der Waals surface area contributed by atoms with Crippen LogP contribution in [0, 0.1) is 22.7 Å². The van der Waals surface area contributed by atoms with E-state index in [0.717, 1.165) is 0 Å². The van der Waals surface area contributed by atoms with Gasteiger partial charge in [0.25, 0.3) is 0 Å². The highest BCUT2D eigenvalue weighted by Gasteiger charge is 2.34. The molecule has 6 heteroatoms. The maximum absolute atomic E-state index is 12.3. The zero-order valence-electron chi connectivity index (χ0n) is 9.68. The van der Waals surface area contributed by atoms with E-state index in [1.807, 2.05) is 12.1 Å². The molecule has 0 aromatic carbocycles. The fourth-order valence-corrected chi connectivity index (χ4v) is 3.28. The van der Waals surface area contributed by atoms with Crippen LogP contribution in [0.25, 0.3) is 0 Å². The summed E-state index contributed by atoms with van der Waals surface area (Å²) in [6.07, 6.45) is 0.691. The Morgan fingerprint density at radius 1 is 1.19 bits per heavy atom. The third kappa shape index (κ3) is 4.77. The first kappa shape index (κ1) is 15.1. The van der Waals surface area contributed by atoms with Gasteiger partial charge < -0.3 is 9.05 Å². The van der Waals surface area contributed by atoms with Crippen molar-refractivity contribution in [3.05, 3.63) is 0 Å². The first-order chi connectivity index (χ1) is 7.64. The van der Waals surface area contributed by atoms with Gasteiger partial charge in [0.05, 0.1) is 31.0 Å². The zero-order valence-corrected chi connectivity index (χ0v) is 10.6. The average molecular weight is 244 g/mol. The molecule has 0 saturated carbocycles. The Morgan fingerprint density at radius 2 is 1.75 bits per heavy atom. The molecule has 0 aromatic heterocycles. The van der Waals surface area contributed by atoms with Gasteiger partial charge in [-0.15, -0.1) is 0 Å². The van der Waals surface area contributed by atoms with E-state index in [-0.39, 0.29) is 26.1 Å². The Kier molecular flexibility index (Phi) is 7.85. The molecule has 16 heavy (non-hydrogen) atoms. The van der Waals surface area contributed by atoms with Gasteiger partial charge in [-0.25, -0.2) is 0 Å². The molecule has 0 aliphatic rings. The molecule has 0 N–H and O–H groups in total. The second-order valence-corrected chi connectivity index (χ2v) is 5.41. The Balaban J connectivity index is 4.73. The van der Waals surface area contributed by atoms with E-state index >= 15 is 0 Å². The van der Waals surface area contributed by atoms with Crippen molar-refractivity contribution in [3.8, 4) is 12.1 Å². The Morgan fingerprint density at radius 3 is 2.12 bits per heavy atom. The van der Waals surface area contributed by atoms with Crippen molar-refractivity contribution < 1.29 is 13.6 Å². The number of nitrogens with zero attached hydrogens (tertiary/aromatic N) is 2. The van der Waals surface area contributed by atoms with Gasteiger partial charge in [-0.1, -0.05) is 0 Å². The predicted molar refractivity (Wildman–Crippen MR) is 59.7 cm³/mol. The minimum atomic E-state index is -3.25. The molecule has 0 spiro atoms. The second-order valence-electron chi connectivity index (χ2n) is 3.09. The summed E-state index contributed by atoms with van der Waals surface area (Å²) in [6, 6.07) is 3.93. The number of rotatable bonds is 8. The molecule has 0 fully saturated rings. The lowest BCUT2D eigenvalue weighted by molar-refractivity contribution is 0.211. The molecule has 90 valence electrons. The monoisotopic (exact) mass is 244 g/mol. The molecule has 0 aromatic rings. The van der Waals surface area contributed by atoms with Crippen LogP contribution in [-0.4, -0.2) is 18.9 Å². The molecular formula is C10H17N2O3P. The van der Waals surface area contributed by atoms with E-state index in [0.29, 0.717) is 6.42 Å². The molecule has 0 aliphatic heterocycles. The maximum atomic E-state index is 12.3. The molecule has 0 rings (SSSR count). The van der Waals surface area contributed by atoms with Crippen LogP contribution in [0.5, 0.6) is 0 Å². The van der Waals surface area contributed by atoms with Gasteiger partial charge in [0.1, 0.15) is 0 Å². The van der Waals surface area contributed by atoms with Gasteiger partial charge in [0, 0.05) is 12.8 Å². The minimum absolute atomic E-state index is 0.0823. The molecule has 0 bridgehead atoms. The fourth-order valence-electron chi connectivity index (χ4n) is 1.32. The third-order valence-corrected chi connectivity index (χ3v) is 4.55. The molecular weight excluding hydrogens is 227 g/mol. The van der Waals surface area contributed by atoms with Crippen molar-refractivity contribution in [2.75, 3.05) is 13.2 Å². The maximum Gasteiger partial charge on any atom is 0.334 e. The van der Waals surface area contributed by atoms with E-state index in [1.54, 1.807) is 13.8 Å². The lowest BCUT2D eigenvalue weighted by atomic mass is 10.2. The second kappa shape index (κ2) is 8.30. The Labute approximate surface area is 96.5 Å². The van der Waals surface area contributed by atoms with Crippen molar-refractivity contribution in [1.82, 2.24) is 0 Å². The van der Waals surface area contributed by atoms with Crippen molar-refractivity contribution in [3.63, 3.8) is 0 Å². The number of hydrogen-bond donors (Lipinski definition) is 0. The van der Waals surface area contributed by atoms with E-state index in [9.17, 15) is 4.57 Å². The summed E-state index contributed by atoms with van der Waals surface area (Å²) in [4.78, 5) is 0. The molecule has 1 unspecified atom stereocenters. The quantitative estimate of drug-likeness (QED) is 0.613. The lowest BCUT2D eigenvalue weighted by Crippen LogP contribution is -2.13. The van der Waals surface area contributed by atoms with Crippen molar-refractivity contribution in [1.29, 1.82) is 10.5 Å². The standard InChI is InChI=1S/C10H17N2O3P/c1-3-14-16(13,15-4-2)10(7-9-12)6-5-8-11/h10H,3-7H2,1-2H3.